The Bertz CT molecular complexity index is 778. The summed E-state index contributed by atoms with van der Waals surface area (Å²) in [6.45, 7) is 9.22. The SMILES string of the molecule is CCNC(=NCC(C)COCc1ccccc1)NCCC(=O)Nc1ccc(C)cn1. The first-order valence-electron chi connectivity index (χ1n) is 10.4. The van der Waals surface area contributed by atoms with Gasteiger partial charge in [-0.3, -0.25) is 9.79 Å². The van der Waals surface area contributed by atoms with Crippen LogP contribution in [0.3, 0.4) is 0 Å². The fourth-order valence-electron chi connectivity index (χ4n) is 2.64. The van der Waals surface area contributed by atoms with Crippen LogP contribution in [0.1, 0.15) is 31.4 Å². The van der Waals surface area contributed by atoms with Crippen molar-refractivity contribution < 1.29 is 9.53 Å². The van der Waals surface area contributed by atoms with Gasteiger partial charge in [-0.25, -0.2) is 4.98 Å². The first kappa shape index (κ1) is 23.3. The fourth-order valence-corrected chi connectivity index (χ4v) is 2.64. The van der Waals surface area contributed by atoms with Crippen molar-refractivity contribution in [3.05, 3.63) is 59.8 Å². The van der Waals surface area contributed by atoms with Crippen LogP contribution in [0, 0.1) is 12.8 Å². The van der Waals surface area contributed by atoms with Crippen molar-refractivity contribution in [3.63, 3.8) is 0 Å². The van der Waals surface area contributed by atoms with Gasteiger partial charge in [-0.1, -0.05) is 43.3 Å². The summed E-state index contributed by atoms with van der Waals surface area (Å²) in [4.78, 5) is 20.9. The molecule has 3 N–H and O–H groups in total. The van der Waals surface area contributed by atoms with Gasteiger partial charge in [-0.05, 0) is 37.0 Å². The second-order valence-electron chi connectivity index (χ2n) is 7.27. The van der Waals surface area contributed by atoms with Gasteiger partial charge in [0, 0.05) is 32.3 Å². The lowest BCUT2D eigenvalue weighted by Crippen LogP contribution is -2.39. The van der Waals surface area contributed by atoms with Crippen molar-refractivity contribution in [1.29, 1.82) is 0 Å². The van der Waals surface area contributed by atoms with Gasteiger partial charge in [-0.15, -0.1) is 0 Å². The molecule has 2 aromatic rings. The van der Waals surface area contributed by atoms with Crippen molar-refractivity contribution in [2.45, 2.75) is 33.8 Å². The molecule has 30 heavy (non-hydrogen) atoms. The Morgan fingerprint density at radius 1 is 1.17 bits per heavy atom. The zero-order valence-electron chi connectivity index (χ0n) is 18.1. The Hall–Kier alpha value is -2.93. The number of nitrogens with one attached hydrogen (secondary N) is 3. The lowest BCUT2D eigenvalue weighted by atomic mass is 10.2. The largest absolute Gasteiger partial charge is 0.376 e. The van der Waals surface area contributed by atoms with E-state index in [1.54, 1.807) is 12.3 Å². The van der Waals surface area contributed by atoms with E-state index in [2.05, 4.69) is 45.0 Å². The van der Waals surface area contributed by atoms with Gasteiger partial charge in [0.15, 0.2) is 5.96 Å². The van der Waals surface area contributed by atoms with Crippen molar-refractivity contribution in [2.75, 3.05) is 31.6 Å². The van der Waals surface area contributed by atoms with E-state index in [0.29, 0.717) is 50.4 Å². The molecule has 162 valence electrons. The molecule has 1 atom stereocenters. The number of guanidine groups is 1. The highest BCUT2D eigenvalue weighted by molar-refractivity contribution is 5.90. The molecule has 0 saturated carbocycles. The number of aromatic nitrogens is 1. The van der Waals surface area contributed by atoms with Gasteiger partial charge in [0.25, 0.3) is 0 Å². The minimum atomic E-state index is -0.0858. The molecule has 0 radical (unpaired) electrons. The molecule has 0 aliphatic rings. The summed E-state index contributed by atoms with van der Waals surface area (Å²) < 4.78 is 5.78. The number of aliphatic imine (C=N–C) groups is 1. The highest BCUT2D eigenvalue weighted by Crippen LogP contribution is 2.05. The molecule has 2 rings (SSSR count). The van der Waals surface area contributed by atoms with Crippen LogP contribution in [-0.4, -0.2) is 43.1 Å². The molecular formula is C23H33N5O2. The van der Waals surface area contributed by atoms with Crippen LogP contribution in [0.2, 0.25) is 0 Å². The Kier molecular flexibility index (Phi) is 10.4. The number of hydrogen-bond acceptors (Lipinski definition) is 4. The van der Waals surface area contributed by atoms with Gasteiger partial charge >= 0.3 is 0 Å². The predicted molar refractivity (Wildman–Crippen MR) is 121 cm³/mol. The molecule has 0 fully saturated rings. The quantitative estimate of drug-likeness (QED) is 0.391. The third kappa shape index (κ3) is 9.52. The van der Waals surface area contributed by atoms with E-state index < -0.39 is 0 Å². The van der Waals surface area contributed by atoms with E-state index in [0.717, 1.165) is 12.1 Å². The van der Waals surface area contributed by atoms with Crippen LogP contribution in [-0.2, 0) is 16.1 Å². The number of nitrogens with zero attached hydrogens (tertiary/aromatic N) is 2. The number of pyridine rings is 1. The average molecular weight is 412 g/mol. The Balaban J connectivity index is 1.68. The lowest BCUT2D eigenvalue weighted by Gasteiger charge is -2.14. The van der Waals surface area contributed by atoms with E-state index in [1.807, 2.05) is 38.1 Å². The van der Waals surface area contributed by atoms with E-state index in [1.165, 1.54) is 5.56 Å². The Morgan fingerprint density at radius 3 is 2.67 bits per heavy atom. The van der Waals surface area contributed by atoms with Crippen molar-refractivity contribution >= 4 is 17.7 Å². The minimum Gasteiger partial charge on any atom is -0.376 e. The second-order valence-corrected chi connectivity index (χ2v) is 7.27. The first-order chi connectivity index (χ1) is 14.6. The normalized spacial score (nSPS) is 12.3. The summed E-state index contributed by atoms with van der Waals surface area (Å²) in [5, 5.41) is 9.20. The van der Waals surface area contributed by atoms with Gasteiger partial charge in [0.05, 0.1) is 13.2 Å². The molecule has 1 amide bonds. The van der Waals surface area contributed by atoms with Gasteiger partial charge in [0.2, 0.25) is 5.91 Å². The topological polar surface area (TPSA) is 87.6 Å². The maximum Gasteiger partial charge on any atom is 0.227 e. The highest BCUT2D eigenvalue weighted by atomic mass is 16.5. The van der Waals surface area contributed by atoms with Gasteiger partial charge in [-0.2, -0.15) is 0 Å². The zero-order valence-corrected chi connectivity index (χ0v) is 18.1. The molecule has 0 saturated heterocycles. The third-order valence-corrected chi connectivity index (χ3v) is 4.24. The maximum absolute atomic E-state index is 12.1. The van der Waals surface area contributed by atoms with Crippen LogP contribution in [0.25, 0.3) is 0 Å². The highest BCUT2D eigenvalue weighted by Gasteiger charge is 2.06. The van der Waals surface area contributed by atoms with Crippen LogP contribution in [0.15, 0.2) is 53.7 Å². The number of rotatable bonds is 11. The van der Waals surface area contributed by atoms with Crippen LogP contribution in [0.4, 0.5) is 5.82 Å². The Labute approximate surface area is 179 Å². The maximum atomic E-state index is 12.1. The van der Waals surface area contributed by atoms with Crippen molar-refractivity contribution in [3.8, 4) is 0 Å². The summed E-state index contributed by atoms with van der Waals surface area (Å²) in [6.07, 6.45) is 2.06. The smallest absolute Gasteiger partial charge is 0.227 e. The van der Waals surface area contributed by atoms with Crippen LogP contribution >= 0.6 is 0 Å². The van der Waals surface area contributed by atoms with E-state index >= 15 is 0 Å². The average Bonchev–Trinajstić information content (AvgIpc) is 2.74. The van der Waals surface area contributed by atoms with E-state index in [-0.39, 0.29) is 5.91 Å². The molecule has 7 heteroatoms. The Morgan fingerprint density at radius 2 is 1.97 bits per heavy atom. The molecular weight excluding hydrogens is 378 g/mol. The zero-order chi connectivity index (χ0) is 21.6. The molecule has 0 bridgehead atoms. The van der Waals surface area contributed by atoms with E-state index in [9.17, 15) is 4.79 Å². The number of carbonyl (C=O) groups is 1. The van der Waals surface area contributed by atoms with Crippen LogP contribution in [0.5, 0.6) is 0 Å². The number of amides is 1. The lowest BCUT2D eigenvalue weighted by molar-refractivity contribution is -0.116. The monoisotopic (exact) mass is 411 g/mol. The molecule has 1 heterocycles. The minimum absolute atomic E-state index is 0.0858. The first-order valence-corrected chi connectivity index (χ1v) is 10.4. The number of ether oxygens (including phenoxy) is 1. The number of hydrogen-bond donors (Lipinski definition) is 3. The fraction of sp³-hybridized carbons (Fsp3) is 0.435. The standard InChI is InChI=1S/C23H33N5O2/c1-4-24-23(25-13-12-22(29)28-21-11-10-18(2)14-26-21)27-15-19(3)16-30-17-20-8-6-5-7-9-20/h5-11,14,19H,4,12-13,15-17H2,1-3H3,(H2,24,25,27)(H,26,28,29). The molecule has 0 spiro atoms. The molecule has 0 aliphatic heterocycles. The molecule has 1 unspecified atom stereocenters. The summed E-state index contributed by atoms with van der Waals surface area (Å²) in [5.41, 5.74) is 2.23. The molecule has 0 aliphatic carbocycles. The van der Waals surface area contributed by atoms with Crippen LogP contribution < -0.4 is 16.0 Å². The third-order valence-electron chi connectivity index (χ3n) is 4.24. The van der Waals surface area contributed by atoms with Gasteiger partial charge in [0.1, 0.15) is 5.82 Å². The number of anilines is 1. The summed E-state index contributed by atoms with van der Waals surface area (Å²) >= 11 is 0. The number of benzene rings is 1. The van der Waals surface area contributed by atoms with Crippen molar-refractivity contribution in [2.24, 2.45) is 10.9 Å². The second kappa shape index (κ2) is 13.3. The summed E-state index contributed by atoms with van der Waals surface area (Å²) in [6, 6.07) is 13.9. The number of aryl methyl sites for hydroxylation is 1. The molecule has 1 aromatic heterocycles. The molecule has 7 nitrogen and oxygen atoms in total. The predicted octanol–water partition coefficient (Wildman–Crippen LogP) is 3.13. The number of carbonyl (C=O) groups excluding carboxylic acids is 1. The van der Waals surface area contributed by atoms with E-state index in [4.69, 9.17) is 4.74 Å². The summed E-state index contributed by atoms with van der Waals surface area (Å²) in [7, 11) is 0. The van der Waals surface area contributed by atoms with Gasteiger partial charge < -0.3 is 20.7 Å². The summed E-state index contributed by atoms with van der Waals surface area (Å²) in [5.74, 6) is 1.47. The molecule has 1 aromatic carbocycles. The van der Waals surface area contributed by atoms with Crippen molar-refractivity contribution in [1.82, 2.24) is 15.6 Å².